The summed E-state index contributed by atoms with van der Waals surface area (Å²) >= 11 is 0. The number of rotatable bonds is 4. The molecule has 0 aliphatic heterocycles. The molecule has 0 saturated carbocycles. The number of nitrogens with zero attached hydrogens (tertiary/aromatic N) is 2. The van der Waals surface area contributed by atoms with Gasteiger partial charge in [-0.2, -0.15) is 0 Å². The monoisotopic (exact) mass is 628 g/mol. The number of fused-ring (bicyclic) bond motifs is 7. The zero-order valence-corrected chi connectivity index (χ0v) is 27.3. The summed E-state index contributed by atoms with van der Waals surface area (Å²) in [6, 6.07) is 56.7. The third kappa shape index (κ3) is 4.25. The number of oxazole rings is 1. The number of para-hydroxylation sites is 3. The van der Waals surface area contributed by atoms with E-state index in [0.29, 0.717) is 5.89 Å². The Morgan fingerprint density at radius 1 is 0.490 bits per heavy atom. The Balaban J connectivity index is 1.01. The van der Waals surface area contributed by atoms with Crippen molar-refractivity contribution in [3.05, 3.63) is 169 Å². The smallest absolute Gasteiger partial charge is 0.227 e. The molecule has 1 aliphatic carbocycles. The van der Waals surface area contributed by atoms with Crippen molar-refractivity contribution < 1.29 is 4.42 Å². The van der Waals surface area contributed by atoms with Crippen LogP contribution in [0.4, 0.5) is 0 Å². The van der Waals surface area contributed by atoms with Crippen molar-refractivity contribution in [2.24, 2.45) is 0 Å². The van der Waals surface area contributed by atoms with E-state index in [1.165, 1.54) is 55.2 Å². The van der Waals surface area contributed by atoms with E-state index in [-0.39, 0.29) is 5.41 Å². The Labute approximate surface area is 284 Å². The molecule has 0 atom stereocenters. The van der Waals surface area contributed by atoms with E-state index < -0.39 is 0 Å². The molecule has 0 spiro atoms. The second-order valence-corrected chi connectivity index (χ2v) is 13.6. The van der Waals surface area contributed by atoms with Crippen LogP contribution in [-0.4, -0.2) is 9.55 Å². The van der Waals surface area contributed by atoms with E-state index >= 15 is 0 Å². The van der Waals surface area contributed by atoms with E-state index in [1.807, 2.05) is 24.3 Å². The van der Waals surface area contributed by atoms with Crippen LogP contribution in [0, 0.1) is 0 Å². The van der Waals surface area contributed by atoms with Crippen molar-refractivity contribution in [1.29, 1.82) is 0 Å². The van der Waals surface area contributed by atoms with Crippen LogP contribution in [0.1, 0.15) is 25.0 Å². The molecule has 9 aromatic rings. The third-order valence-electron chi connectivity index (χ3n) is 10.5. The maximum Gasteiger partial charge on any atom is 0.227 e. The summed E-state index contributed by atoms with van der Waals surface area (Å²) in [5.74, 6) is 0.642. The zero-order chi connectivity index (χ0) is 32.7. The molecule has 1 aliphatic rings. The van der Waals surface area contributed by atoms with Crippen LogP contribution in [0.3, 0.4) is 0 Å². The van der Waals surface area contributed by atoms with Gasteiger partial charge in [-0.05, 0) is 105 Å². The lowest BCUT2D eigenvalue weighted by Gasteiger charge is -2.22. The first-order valence-corrected chi connectivity index (χ1v) is 16.9. The molecule has 232 valence electrons. The lowest BCUT2D eigenvalue weighted by atomic mass is 9.81. The van der Waals surface area contributed by atoms with Crippen molar-refractivity contribution in [2.45, 2.75) is 19.3 Å². The number of hydrogen-bond acceptors (Lipinski definition) is 2. The third-order valence-corrected chi connectivity index (χ3v) is 10.5. The van der Waals surface area contributed by atoms with Crippen LogP contribution in [0.15, 0.2) is 162 Å². The average molecular weight is 629 g/mol. The predicted molar refractivity (Wildman–Crippen MR) is 202 cm³/mol. The highest BCUT2D eigenvalue weighted by atomic mass is 16.3. The Morgan fingerprint density at radius 2 is 1.10 bits per heavy atom. The first-order chi connectivity index (χ1) is 24.0. The van der Waals surface area contributed by atoms with Crippen LogP contribution in [-0.2, 0) is 5.41 Å². The second-order valence-electron chi connectivity index (χ2n) is 13.6. The predicted octanol–water partition coefficient (Wildman–Crippen LogP) is 12.2. The first kappa shape index (κ1) is 27.9. The largest absolute Gasteiger partial charge is 0.436 e. The molecule has 2 heterocycles. The summed E-state index contributed by atoms with van der Waals surface area (Å²) in [4.78, 5) is 4.66. The highest BCUT2D eigenvalue weighted by Crippen LogP contribution is 2.49. The SMILES string of the molecule is CC1(C)c2ccccc2-c2ccc(-c3ccc4c(c3)c3ccccc3n4-c3ccc(-c4ccc(-c5nc6ccccc6o5)cc4)cc3)cc21. The van der Waals surface area contributed by atoms with Gasteiger partial charge in [0.2, 0.25) is 5.89 Å². The molecule has 0 radical (unpaired) electrons. The quantitative estimate of drug-likeness (QED) is 0.194. The molecule has 0 amide bonds. The van der Waals surface area contributed by atoms with Gasteiger partial charge in [-0.15, -0.1) is 0 Å². The summed E-state index contributed by atoms with van der Waals surface area (Å²) in [6.45, 7) is 4.69. The Kier molecular flexibility index (Phi) is 5.92. The van der Waals surface area contributed by atoms with Crippen LogP contribution >= 0.6 is 0 Å². The van der Waals surface area contributed by atoms with Gasteiger partial charge in [0.25, 0.3) is 0 Å². The van der Waals surface area contributed by atoms with Crippen LogP contribution in [0.25, 0.3) is 83.4 Å². The molecule has 3 nitrogen and oxygen atoms in total. The van der Waals surface area contributed by atoms with Crippen LogP contribution in [0.5, 0.6) is 0 Å². The van der Waals surface area contributed by atoms with Crippen molar-refractivity contribution in [2.75, 3.05) is 0 Å². The van der Waals surface area contributed by atoms with Crippen LogP contribution in [0.2, 0.25) is 0 Å². The number of aromatic nitrogens is 2. The lowest BCUT2D eigenvalue weighted by Crippen LogP contribution is -2.14. The molecular weight excluding hydrogens is 597 g/mol. The fourth-order valence-electron chi connectivity index (χ4n) is 7.92. The molecule has 0 bridgehead atoms. The maximum absolute atomic E-state index is 5.98. The average Bonchev–Trinajstić information content (AvgIpc) is 3.80. The van der Waals surface area contributed by atoms with Gasteiger partial charge in [-0.1, -0.05) is 111 Å². The molecular formula is C46H32N2O. The topological polar surface area (TPSA) is 31.0 Å². The minimum Gasteiger partial charge on any atom is -0.436 e. The highest BCUT2D eigenvalue weighted by molar-refractivity contribution is 6.10. The van der Waals surface area contributed by atoms with Gasteiger partial charge in [0.05, 0.1) is 11.0 Å². The summed E-state index contributed by atoms with van der Waals surface area (Å²) < 4.78 is 8.37. The standard InChI is InChI=1S/C46H32N2O/c1-46(2)39-11-5-3-9-35(39)36-25-21-33(28-40(36)46)32-22-26-43-38(27-32)37-10-4-7-13-42(37)48(43)34-23-19-30(20-24-34)29-15-17-31(18-16-29)45-47-41-12-6-8-14-44(41)49-45/h3-28H,1-2H3. The molecule has 3 heteroatoms. The first-order valence-electron chi connectivity index (χ1n) is 16.9. The molecule has 0 saturated heterocycles. The van der Waals surface area contributed by atoms with Gasteiger partial charge in [0, 0.05) is 27.4 Å². The summed E-state index contributed by atoms with van der Waals surface area (Å²) in [5, 5.41) is 2.52. The lowest BCUT2D eigenvalue weighted by molar-refractivity contribution is 0.620. The van der Waals surface area contributed by atoms with Crippen molar-refractivity contribution >= 4 is 32.9 Å². The summed E-state index contributed by atoms with van der Waals surface area (Å²) in [5.41, 5.74) is 16.5. The molecule has 2 aromatic heterocycles. The van der Waals surface area contributed by atoms with Crippen molar-refractivity contribution in [3.63, 3.8) is 0 Å². The number of hydrogen-bond donors (Lipinski definition) is 0. The van der Waals surface area contributed by atoms with Gasteiger partial charge in [-0.3, -0.25) is 0 Å². The fourth-order valence-corrected chi connectivity index (χ4v) is 7.92. The highest BCUT2D eigenvalue weighted by Gasteiger charge is 2.35. The van der Waals surface area contributed by atoms with Crippen molar-refractivity contribution in [1.82, 2.24) is 9.55 Å². The normalized spacial score (nSPS) is 13.3. The molecule has 0 N–H and O–H groups in total. The molecule has 10 rings (SSSR count). The number of benzene rings is 7. The van der Waals surface area contributed by atoms with Crippen LogP contribution < -0.4 is 0 Å². The van der Waals surface area contributed by atoms with E-state index in [4.69, 9.17) is 4.42 Å². The summed E-state index contributed by atoms with van der Waals surface area (Å²) in [6.07, 6.45) is 0. The Hall–Kier alpha value is -6.19. The molecule has 0 fully saturated rings. The van der Waals surface area contributed by atoms with Gasteiger partial charge in [0.15, 0.2) is 5.58 Å². The molecule has 49 heavy (non-hydrogen) atoms. The van der Waals surface area contributed by atoms with E-state index in [2.05, 4.69) is 157 Å². The van der Waals surface area contributed by atoms with Gasteiger partial charge >= 0.3 is 0 Å². The van der Waals surface area contributed by atoms with E-state index in [1.54, 1.807) is 0 Å². The maximum atomic E-state index is 5.98. The van der Waals surface area contributed by atoms with E-state index in [9.17, 15) is 0 Å². The van der Waals surface area contributed by atoms with Gasteiger partial charge in [-0.25, -0.2) is 4.98 Å². The Bertz CT molecular complexity index is 2690. The summed E-state index contributed by atoms with van der Waals surface area (Å²) in [7, 11) is 0. The van der Waals surface area contributed by atoms with Crippen molar-refractivity contribution in [3.8, 4) is 50.5 Å². The molecule has 0 unspecified atom stereocenters. The van der Waals surface area contributed by atoms with Gasteiger partial charge in [0.1, 0.15) is 5.52 Å². The van der Waals surface area contributed by atoms with E-state index in [0.717, 1.165) is 33.5 Å². The second kappa shape index (κ2) is 10.4. The fraction of sp³-hybridized carbons (Fsp3) is 0.0652. The minimum absolute atomic E-state index is 0.0258. The van der Waals surface area contributed by atoms with Gasteiger partial charge < -0.3 is 8.98 Å². The molecule has 7 aromatic carbocycles. The minimum atomic E-state index is -0.0258. The Morgan fingerprint density at radius 3 is 1.94 bits per heavy atom. The zero-order valence-electron chi connectivity index (χ0n) is 27.3.